The number of hydrogen-bond donors (Lipinski definition) is 2. The molecule has 3 aromatic rings. The standard InChI is InChI=1S/C27H33ClN4OS2/c1-5-20(28)18(4)10-13-29-14-11-24(33)31-27-25(26-30-21-8-6-7-9-22(21)34-26)19-12-15-32(17(2)3)16-23(19)35-27/h5-9,17,29H,1,10-16H2,2-4H3,(H,31,33)/b20-18-. The first-order valence-corrected chi connectivity index (χ1v) is 14.1. The molecule has 2 aromatic heterocycles. The summed E-state index contributed by atoms with van der Waals surface area (Å²) >= 11 is 9.51. The fourth-order valence-corrected chi connectivity index (χ4v) is 6.74. The first-order valence-electron chi connectivity index (χ1n) is 12.1. The monoisotopic (exact) mass is 528 g/mol. The number of allylic oxidation sites excluding steroid dienone is 2. The molecule has 1 amide bonds. The number of benzene rings is 1. The summed E-state index contributed by atoms with van der Waals surface area (Å²) in [7, 11) is 0. The van der Waals surface area contributed by atoms with Crippen LogP contribution in [0.5, 0.6) is 0 Å². The van der Waals surface area contributed by atoms with Gasteiger partial charge in [-0.2, -0.15) is 0 Å². The maximum atomic E-state index is 12.9. The van der Waals surface area contributed by atoms with Crippen LogP contribution in [-0.2, 0) is 17.8 Å². The molecule has 4 rings (SSSR count). The van der Waals surface area contributed by atoms with Crippen molar-refractivity contribution < 1.29 is 4.79 Å². The van der Waals surface area contributed by atoms with E-state index in [1.54, 1.807) is 28.7 Å². The molecule has 35 heavy (non-hydrogen) atoms. The van der Waals surface area contributed by atoms with Crippen molar-refractivity contribution in [2.24, 2.45) is 0 Å². The Labute approximate surface area is 220 Å². The third kappa shape index (κ3) is 6.22. The largest absolute Gasteiger partial charge is 0.317 e. The number of anilines is 1. The summed E-state index contributed by atoms with van der Waals surface area (Å²) in [6, 6.07) is 8.73. The Balaban J connectivity index is 1.49. The molecule has 2 N–H and O–H groups in total. The number of nitrogens with one attached hydrogen (secondary N) is 2. The predicted molar refractivity (Wildman–Crippen MR) is 152 cm³/mol. The number of carbonyl (C=O) groups is 1. The highest BCUT2D eigenvalue weighted by Gasteiger charge is 2.28. The zero-order valence-electron chi connectivity index (χ0n) is 20.6. The van der Waals surface area contributed by atoms with E-state index in [2.05, 4.69) is 48.1 Å². The van der Waals surface area contributed by atoms with Gasteiger partial charge < -0.3 is 10.6 Å². The van der Waals surface area contributed by atoms with Gasteiger partial charge in [-0.05, 0) is 57.9 Å². The quantitative estimate of drug-likeness (QED) is 0.224. The molecule has 186 valence electrons. The molecule has 0 unspecified atom stereocenters. The zero-order chi connectivity index (χ0) is 24.9. The number of amides is 1. The molecule has 0 aliphatic carbocycles. The Morgan fingerprint density at radius 1 is 1.26 bits per heavy atom. The molecule has 5 nitrogen and oxygen atoms in total. The van der Waals surface area contributed by atoms with Gasteiger partial charge in [0.15, 0.2) is 0 Å². The summed E-state index contributed by atoms with van der Waals surface area (Å²) < 4.78 is 1.17. The van der Waals surface area contributed by atoms with Gasteiger partial charge in [-0.15, -0.1) is 22.7 Å². The maximum absolute atomic E-state index is 12.9. The lowest BCUT2D eigenvalue weighted by atomic mass is 10.0. The van der Waals surface area contributed by atoms with Crippen LogP contribution in [-0.4, -0.2) is 41.5 Å². The van der Waals surface area contributed by atoms with Crippen LogP contribution in [0.3, 0.4) is 0 Å². The Bertz CT molecular complexity index is 1210. The van der Waals surface area contributed by atoms with Crippen molar-refractivity contribution in [3.05, 3.63) is 58.0 Å². The highest BCUT2D eigenvalue weighted by molar-refractivity contribution is 7.22. The van der Waals surface area contributed by atoms with Crippen molar-refractivity contribution in [2.75, 3.05) is 25.0 Å². The van der Waals surface area contributed by atoms with Crippen LogP contribution >= 0.6 is 34.3 Å². The Morgan fingerprint density at radius 3 is 2.77 bits per heavy atom. The molecule has 0 saturated carbocycles. The lowest BCUT2D eigenvalue weighted by Gasteiger charge is -2.30. The molecule has 1 aliphatic heterocycles. The first kappa shape index (κ1) is 26.0. The lowest BCUT2D eigenvalue weighted by molar-refractivity contribution is -0.116. The van der Waals surface area contributed by atoms with Crippen LogP contribution in [0.15, 0.2) is 47.5 Å². The average Bonchev–Trinajstić information content (AvgIpc) is 3.42. The number of rotatable bonds is 10. The molecule has 0 bridgehead atoms. The van der Waals surface area contributed by atoms with Crippen LogP contribution < -0.4 is 10.6 Å². The second-order valence-electron chi connectivity index (χ2n) is 9.14. The van der Waals surface area contributed by atoms with Crippen LogP contribution in [0.2, 0.25) is 0 Å². The summed E-state index contributed by atoms with van der Waals surface area (Å²) in [5, 5.41) is 9.19. The molecular formula is C27H33ClN4OS2. The third-order valence-corrected chi connectivity index (χ3v) is 9.03. The van der Waals surface area contributed by atoms with Crippen molar-refractivity contribution in [3.63, 3.8) is 0 Å². The van der Waals surface area contributed by atoms with E-state index in [0.717, 1.165) is 59.1 Å². The minimum absolute atomic E-state index is 0.0237. The van der Waals surface area contributed by atoms with Gasteiger partial charge in [-0.1, -0.05) is 42.0 Å². The van der Waals surface area contributed by atoms with E-state index < -0.39 is 0 Å². The number of thiazole rings is 1. The Morgan fingerprint density at radius 2 is 2.03 bits per heavy atom. The van der Waals surface area contributed by atoms with E-state index in [0.29, 0.717) is 24.0 Å². The molecule has 0 fully saturated rings. The van der Waals surface area contributed by atoms with Crippen molar-refractivity contribution >= 4 is 55.4 Å². The molecular weight excluding hydrogens is 496 g/mol. The molecule has 1 aromatic carbocycles. The van der Waals surface area contributed by atoms with Gasteiger partial charge in [-0.3, -0.25) is 9.69 Å². The van der Waals surface area contributed by atoms with Gasteiger partial charge in [-0.25, -0.2) is 4.98 Å². The molecule has 3 heterocycles. The Hall–Kier alpha value is -2.03. The van der Waals surface area contributed by atoms with Crippen molar-refractivity contribution in [1.29, 1.82) is 0 Å². The summed E-state index contributed by atoms with van der Waals surface area (Å²) in [5.74, 6) is 0.0237. The van der Waals surface area contributed by atoms with Gasteiger partial charge in [0.05, 0.1) is 10.2 Å². The number of aromatic nitrogens is 1. The van der Waals surface area contributed by atoms with Gasteiger partial charge in [0, 0.05) is 47.6 Å². The molecule has 1 aliphatic rings. The smallest absolute Gasteiger partial charge is 0.226 e. The molecule has 0 spiro atoms. The summed E-state index contributed by atoms with van der Waals surface area (Å²) in [4.78, 5) is 21.7. The molecule has 0 radical (unpaired) electrons. The van der Waals surface area contributed by atoms with Crippen LogP contribution in [0.4, 0.5) is 5.00 Å². The minimum Gasteiger partial charge on any atom is -0.317 e. The van der Waals surface area contributed by atoms with Crippen LogP contribution in [0.25, 0.3) is 20.8 Å². The normalized spacial score (nSPS) is 14.8. The van der Waals surface area contributed by atoms with E-state index in [-0.39, 0.29) is 5.91 Å². The van der Waals surface area contributed by atoms with Crippen LogP contribution in [0.1, 0.15) is 44.1 Å². The van der Waals surface area contributed by atoms with Gasteiger partial charge in [0.1, 0.15) is 10.0 Å². The number of fused-ring (bicyclic) bond motifs is 2. The number of hydrogen-bond acceptors (Lipinski definition) is 6. The van der Waals surface area contributed by atoms with E-state index in [4.69, 9.17) is 16.6 Å². The SMILES string of the molecule is C=C/C(Cl)=C(\C)CCNCCC(=O)Nc1sc2c(c1-c1nc3ccccc3s1)CCN(C(C)C)C2. The summed E-state index contributed by atoms with van der Waals surface area (Å²) in [6.45, 7) is 13.5. The topological polar surface area (TPSA) is 57.3 Å². The van der Waals surface area contributed by atoms with Gasteiger partial charge >= 0.3 is 0 Å². The van der Waals surface area contributed by atoms with E-state index in [1.807, 2.05) is 19.1 Å². The van der Waals surface area contributed by atoms with Crippen LogP contribution in [0, 0.1) is 0 Å². The van der Waals surface area contributed by atoms with Gasteiger partial charge in [0.2, 0.25) is 5.91 Å². The predicted octanol–water partition coefficient (Wildman–Crippen LogP) is 6.80. The van der Waals surface area contributed by atoms with Crippen molar-refractivity contribution in [2.45, 2.75) is 52.6 Å². The van der Waals surface area contributed by atoms with Gasteiger partial charge in [0.25, 0.3) is 0 Å². The number of halogens is 1. The first-order chi connectivity index (χ1) is 16.9. The third-order valence-electron chi connectivity index (χ3n) is 6.37. The lowest BCUT2D eigenvalue weighted by Crippen LogP contribution is -2.35. The molecule has 0 atom stereocenters. The highest BCUT2D eigenvalue weighted by atomic mass is 35.5. The van der Waals surface area contributed by atoms with E-state index in [1.165, 1.54) is 15.1 Å². The fraction of sp³-hybridized carbons (Fsp3) is 0.407. The zero-order valence-corrected chi connectivity index (χ0v) is 23.0. The number of nitrogens with zero attached hydrogens (tertiary/aromatic N) is 2. The fourth-order valence-electron chi connectivity index (χ4n) is 4.24. The van der Waals surface area contributed by atoms with E-state index in [9.17, 15) is 4.79 Å². The molecule has 8 heteroatoms. The van der Waals surface area contributed by atoms with Crippen molar-refractivity contribution in [3.8, 4) is 10.6 Å². The van der Waals surface area contributed by atoms with E-state index >= 15 is 0 Å². The van der Waals surface area contributed by atoms with Crippen molar-refractivity contribution in [1.82, 2.24) is 15.2 Å². The summed E-state index contributed by atoms with van der Waals surface area (Å²) in [5.41, 5.74) is 4.57. The second kappa shape index (κ2) is 11.8. The highest BCUT2D eigenvalue weighted by Crippen LogP contribution is 2.45. The minimum atomic E-state index is 0.0237. The second-order valence-corrected chi connectivity index (χ2v) is 11.7. The number of thiophene rings is 1. The maximum Gasteiger partial charge on any atom is 0.226 e. The number of para-hydroxylation sites is 1. The number of carbonyl (C=O) groups excluding carboxylic acids is 1. The Kier molecular flexibility index (Phi) is 8.78. The molecule has 0 saturated heterocycles. The summed E-state index contributed by atoms with van der Waals surface area (Å²) in [6.07, 6.45) is 3.89. The average molecular weight is 529 g/mol.